The molecule has 0 saturated heterocycles. The topological polar surface area (TPSA) is 51.2 Å². The SMILES string of the molecule is CC(C)(C)c1ncc(C(=O)Nc2cc(Cl)ccc2OCC(F)(F)F)s1. The Morgan fingerprint density at radius 1 is 1.32 bits per heavy atom. The van der Waals surface area contributed by atoms with Crippen molar-refractivity contribution in [3.05, 3.63) is 39.3 Å². The van der Waals surface area contributed by atoms with Crippen molar-refractivity contribution in [2.24, 2.45) is 0 Å². The van der Waals surface area contributed by atoms with Gasteiger partial charge in [-0.2, -0.15) is 13.2 Å². The Hall–Kier alpha value is -1.80. The second-order valence-corrected chi connectivity index (χ2v) is 7.75. The monoisotopic (exact) mass is 392 g/mol. The van der Waals surface area contributed by atoms with Crippen molar-refractivity contribution < 1.29 is 22.7 Å². The third-order valence-corrected chi connectivity index (χ3v) is 4.61. The van der Waals surface area contributed by atoms with Crippen molar-refractivity contribution in [1.82, 2.24) is 4.98 Å². The number of benzene rings is 1. The third kappa shape index (κ3) is 5.61. The molecule has 1 aromatic heterocycles. The number of hydrogen-bond donors (Lipinski definition) is 1. The number of aromatic nitrogens is 1. The van der Waals surface area contributed by atoms with Crippen molar-refractivity contribution in [3.8, 4) is 5.75 Å². The molecule has 0 atom stereocenters. The first-order valence-corrected chi connectivity index (χ1v) is 8.42. The summed E-state index contributed by atoms with van der Waals surface area (Å²) in [6, 6.07) is 3.99. The van der Waals surface area contributed by atoms with E-state index in [1.165, 1.54) is 35.7 Å². The van der Waals surface area contributed by atoms with Gasteiger partial charge in [0, 0.05) is 10.4 Å². The van der Waals surface area contributed by atoms with Crippen LogP contribution in [-0.2, 0) is 5.41 Å². The molecule has 0 spiro atoms. The zero-order valence-corrected chi connectivity index (χ0v) is 15.3. The summed E-state index contributed by atoms with van der Waals surface area (Å²) in [5.74, 6) is -0.609. The number of carbonyl (C=O) groups excluding carboxylic acids is 1. The van der Waals surface area contributed by atoms with E-state index in [2.05, 4.69) is 10.3 Å². The van der Waals surface area contributed by atoms with E-state index in [9.17, 15) is 18.0 Å². The number of ether oxygens (including phenoxy) is 1. The minimum Gasteiger partial charge on any atom is -0.482 e. The third-order valence-electron chi connectivity index (χ3n) is 2.95. The van der Waals surface area contributed by atoms with Crippen LogP contribution in [0.3, 0.4) is 0 Å². The molecule has 1 heterocycles. The van der Waals surface area contributed by atoms with Gasteiger partial charge in [-0.05, 0) is 18.2 Å². The van der Waals surface area contributed by atoms with Gasteiger partial charge < -0.3 is 10.1 Å². The summed E-state index contributed by atoms with van der Waals surface area (Å²) in [6.45, 7) is 4.43. The summed E-state index contributed by atoms with van der Waals surface area (Å²) in [5, 5.41) is 3.56. The van der Waals surface area contributed by atoms with Gasteiger partial charge in [0.15, 0.2) is 6.61 Å². The average molecular weight is 393 g/mol. The highest BCUT2D eigenvalue weighted by molar-refractivity contribution is 7.13. The normalized spacial score (nSPS) is 12.1. The van der Waals surface area contributed by atoms with Gasteiger partial charge in [-0.15, -0.1) is 11.3 Å². The number of nitrogens with zero attached hydrogens (tertiary/aromatic N) is 1. The molecule has 0 radical (unpaired) electrons. The Bertz CT molecular complexity index is 769. The Morgan fingerprint density at radius 3 is 2.56 bits per heavy atom. The van der Waals surface area contributed by atoms with Gasteiger partial charge in [0.1, 0.15) is 10.6 Å². The molecule has 4 nitrogen and oxygen atoms in total. The van der Waals surface area contributed by atoms with Crippen molar-refractivity contribution in [1.29, 1.82) is 0 Å². The number of thiazole rings is 1. The predicted octanol–water partition coefficient (Wildman–Crippen LogP) is 5.29. The summed E-state index contributed by atoms with van der Waals surface area (Å²) < 4.78 is 41.8. The van der Waals surface area contributed by atoms with Gasteiger partial charge in [0.25, 0.3) is 5.91 Å². The molecule has 0 fully saturated rings. The molecule has 9 heteroatoms. The highest BCUT2D eigenvalue weighted by atomic mass is 35.5. The fourth-order valence-electron chi connectivity index (χ4n) is 1.80. The highest BCUT2D eigenvalue weighted by Crippen LogP contribution is 2.31. The average Bonchev–Trinajstić information content (AvgIpc) is 2.95. The number of anilines is 1. The van der Waals surface area contributed by atoms with Crippen molar-refractivity contribution in [2.45, 2.75) is 32.4 Å². The largest absolute Gasteiger partial charge is 0.482 e. The Labute approximate surface area is 152 Å². The Kier molecular flexibility index (Phi) is 5.63. The second-order valence-electron chi connectivity index (χ2n) is 6.28. The first-order chi connectivity index (χ1) is 11.5. The maximum atomic E-state index is 12.4. The molecule has 0 saturated carbocycles. The zero-order valence-electron chi connectivity index (χ0n) is 13.7. The first-order valence-electron chi connectivity index (χ1n) is 7.22. The maximum Gasteiger partial charge on any atom is 0.422 e. The lowest BCUT2D eigenvalue weighted by atomic mass is 9.98. The summed E-state index contributed by atoms with van der Waals surface area (Å²) in [5.41, 5.74) is -0.146. The smallest absolute Gasteiger partial charge is 0.422 e. The van der Waals surface area contributed by atoms with Crippen molar-refractivity contribution >= 4 is 34.5 Å². The van der Waals surface area contributed by atoms with Gasteiger partial charge in [-0.1, -0.05) is 32.4 Å². The molecule has 0 aliphatic rings. The van der Waals surface area contributed by atoms with Crippen LogP contribution in [0.15, 0.2) is 24.4 Å². The number of alkyl halides is 3. The van der Waals surface area contributed by atoms with E-state index in [0.29, 0.717) is 4.88 Å². The number of amides is 1. The van der Waals surface area contributed by atoms with E-state index in [1.54, 1.807) is 0 Å². The number of carbonyl (C=O) groups is 1. The van der Waals surface area contributed by atoms with Crippen molar-refractivity contribution in [2.75, 3.05) is 11.9 Å². The number of hydrogen-bond acceptors (Lipinski definition) is 4. The molecule has 0 aliphatic heterocycles. The van der Waals surface area contributed by atoms with Crippen LogP contribution in [0.4, 0.5) is 18.9 Å². The minimum atomic E-state index is -4.49. The predicted molar refractivity (Wildman–Crippen MR) is 91.8 cm³/mol. The van der Waals surface area contributed by atoms with Gasteiger partial charge in [0.05, 0.1) is 16.9 Å². The van der Waals surface area contributed by atoms with Crippen LogP contribution in [0.1, 0.15) is 35.5 Å². The standard InChI is InChI=1S/C16H16ClF3N2O2S/c1-15(2,3)14-21-7-12(25-14)13(23)22-10-6-9(17)4-5-11(10)24-8-16(18,19)20/h4-7H,8H2,1-3H3,(H,22,23). The van der Waals surface area contributed by atoms with Crippen LogP contribution < -0.4 is 10.1 Å². The summed E-state index contributed by atoms with van der Waals surface area (Å²) in [4.78, 5) is 16.9. The Morgan fingerprint density at radius 2 is 2.00 bits per heavy atom. The summed E-state index contributed by atoms with van der Waals surface area (Å²) in [6.07, 6.45) is -3.05. The molecular weight excluding hydrogens is 377 g/mol. The molecular formula is C16H16ClF3N2O2S. The number of nitrogens with one attached hydrogen (secondary N) is 1. The van der Waals surface area contributed by atoms with Gasteiger partial charge in [-0.25, -0.2) is 4.98 Å². The molecule has 136 valence electrons. The summed E-state index contributed by atoms with van der Waals surface area (Å²) >= 11 is 7.08. The lowest BCUT2D eigenvalue weighted by Gasteiger charge is -2.14. The van der Waals surface area contributed by atoms with E-state index in [0.717, 1.165) is 5.01 Å². The van der Waals surface area contributed by atoms with Crippen molar-refractivity contribution in [3.63, 3.8) is 0 Å². The number of halogens is 4. The molecule has 0 bridgehead atoms. The maximum absolute atomic E-state index is 12.4. The molecule has 25 heavy (non-hydrogen) atoms. The van der Waals surface area contributed by atoms with Crippen LogP contribution >= 0.6 is 22.9 Å². The molecule has 1 amide bonds. The molecule has 1 N–H and O–H groups in total. The zero-order chi connectivity index (χ0) is 18.8. The van der Waals surface area contributed by atoms with Crippen LogP contribution in [0.2, 0.25) is 5.02 Å². The van der Waals surface area contributed by atoms with Gasteiger partial charge >= 0.3 is 6.18 Å². The molecule has 0 aliphatic carbocycles. The number of rotatable bonds is 4. The van der Waals surface area contributed by atoms with E-state index < -0.39 is 18.7 Å². The van der Waals surface area contributed by atoms with Crippen LogP contribution in [0.25, 0.3) is 0 Å². The van der Waals surface area contributed by atoms with Gasteiger partial charge in [-0.3, -0.25) is 4.79 Å². The van der Waals surface area contributed by atoms with E-state index in [-0.39, 0.29) is 21.9 Å². The van der Waals surface area contributed by atoms with E-state index in [4.69, 9.17) is 16.3 Å². The molecule has 2 rings (SSSR count). The molecule has 1 aromatic carbocycles. The molecule has 2 aromatic rings. The minimum absolute atomic E-state index is 0.0625. The lowest BCUT2D eigenvalue weighted by Crippen LogP contribution is -2.20. The van der Waals surface area contributed by atoms with E-state index >= 15 is 0 Å². The fourth-order valence-corrected chi connectivity index (χ4v) is 2.84. The Balaban J connectivity index is 2.19. The summed E-state index contributed by atoms with van der Waals surface area (Å²) in [7, 11) is 0. The van der Waals surface area contributed by atoms with Crippen LogP contribution in [0, 0.1) is 0 Å². The lowest BCUT2D eigenvalue weighted by molar-refractivity contribution is -0.153. The van der Waals surface area contributed by atoms with E-state index in [1.807, 2.05) is 20.8 Å². The highest BCUT2D eigenvalue weighted by Gasteiger charge is 2.29. The molecule has 0 unspecified atom stereocenters. The van der Waals surface area contributed by atoms with Gasteiger partial charge in [0.2, 0.25) is 0 Å². The van der Waals surface area contributed by atoms with Crippen LogP contribution in [-0.4, -0.2) is 23.7 Å². The fraction of sp³-hybridized carbons (Fsp3) is 0.375. The van der Waals surface area contributed by atoms with Crippen LogP contribution in [0.5, 0.6) is 5.75 Å². The quantitative estimate of drug-likeness (QED) is 0.769. The second kappa shape index (κ2) is 7.21. The first kappa shape index (κ1) is 19.5.